The highest BCUT2D eigenvalue weighted by atomic mass is 32.2. The number of benzene rings is 2. The van der Waals surface area contributed by atoms with Crippen LogP contribution in [0.15, 0.2) is 47.4 Å². The van der Waals surface area contributed by atoms with E-state index >= 15 is 0 Å². The number of hydrogen-bond donors (Lipinski definition) is 0. The Morgan fingerprint density at radius 1 is 0.750 bits per heavy atom. The highest BCUT2D eigenvalue weighted by molar-refractivity contribution is 7.90. The quantitative estimate of drug-likeness (QED) is 0.858. The number of nitrogens with zero attached hydrogens (tertiary/aromatic N) is 2. The summed E-state index contributed by atoms with van der Waals surface area (Å²) >= 11 is 0. The Bertz CT molecular complexity index is 821. The van der Waals surface area contributed by atoms with Crippen molar-refractivity contribution in [1.82, 2.24) is 0 Å². The molecule has 1 aliphatic heterocycles. The molecule has 1 saturated heterocycles. The van der Waals surface area contributed by atoms with Gasteiger partial charge in [-0.2, -0.15) is 0 Å². The zero-order valence-electron chi connectivity index (χ0n) is 14.5. The molecule has 1 fully saturated rings. The topological polar surface area (TPSA) is 40.6 Å². The van der Waals surface area contributed by atoms with Gasteiger partial charge in [-0.05, 0) is 61.4 Å². The molecule has 0 aromatic heterocycles. The van der Waals surface area contributed by atoms with Crippen LogP contribution in [0.3, 0.4) is 0 Å². The van der Waals surface area contributed by atoms with Crippen LogP contribution in [0.1, 0.15) is 11.1 Å². The Balaban J connectivity index is 1.67. The zero-order chi connectivity index (χ0) is 17.3. The van der Waals surface area contributed by atoms with Crippen LogP contribution in [-0.4, -0.2) is 40.9 Å². The minimum atomic E-state index is -3.13. The van der Waals surface area contributed by atoms with Gasteiger partial charge in [0.05, 0.1) is 4.90 Å². The van der Waals surface area contributed by atoms with Crippen molar-refractivity contribution in [3.8, 4) is 0 Å². The van der Waals surface area contributed by atoms with Crippen LogP contribution in [0, 0.1) is 13.8 Å². The number of aryl methyl sites for hydroxylation is 2. The Kier molecular flexibility index (Phi) is 4.54. The molecule has 0 amide bonds. The van der Waals surface area contributed by atoms with Crippen molar-refractivity contribution >= 4 is 21.2 Å². The fourth-order valence-electron chi connectivity index (χ4n) is 3.05. The molecule has 0 radical (unpaired) electrons. The summed E-state index contributed by atoms with van der Waals surface area (Å²) in [5, 5.41) is 0. The fourth-order valence-corrected chi connectivity index (χ4v) is 3.68. The molecule has 2 aromatic carbocycles. The summed E-state index contributed by atoms with van der Waals surface area (Å²) in [6.07, 6.45) is 1.24. The first-order valence-corrected chi connectivity index (χ1v) is 10.1. The van der Waals surface area contributed by atoms with Crippen molar-refractivity contribution < 1.29 is 8.42 Å². The second-order valence-corrected chi connectivity index (χ2v) is 8.52. The first-order valence-electron chi connectivity index (χ1n) is 8.22. The van der Waals surface area contributed by atoms with Gasteiger partial charge in [0.25, 0.3) is 0 Å². The molecule has 3 rings (SSSR count). The average Bonchev–Trinajstić information content (AvgIpc) is 2.57. The highest BCUT2D eigenvalue weighted by Gasteiger charge is 2.18. The van der Waals surface area contributed by atoms with E-state index in [4.69, 9.17) is 0 Å². The van der Waals surface area contributed by atoms with E-state index in [1.807, 2.05) is 12.1 Å². The first-order chi connectivity index (χ1) is 11.3. The highest BCUT2D eigenvalue weighted by Crippen LogP contribution is 2.23. The lowest BCUT2D eigenvalue weighted by atomic mass is 10.1. The summed E-state index contributed by atoms with van der Waals surface area (Å²) < 4.78 is 23.1. The van der Waals surface area contributed by atoms with Gasteiger partial charge in [0.15, 0.2) is 9.84 Å². The fraction of sp³-hybridized carbons (Fsp3) is 0.368. The number of rotatable bonds is 3. The second-order valence-electron chi connectivity index (χ2n) is 6.51. The lowest BCUT2D eigenvalue weighted by Gasteiger charge is -2.37. The number of anilines is 2. The van der Waals surface area contributed by atoms with Crippen LogP contribution in [0.4, 0.5) is 11.4 Å². The summed E-state index contributed by atoms with van der Waals surface area (Å²) in [5.41, 5.74) is 5.02. The Morgan fingerprint density at radius 2 is 1.25 bits per heavy atom. The minimum absolute atomic E-state index is 0.375. The molecule has 5 heteroatoms. The predicted molar refractivity (Wildman–Crippen MR) is 99.9 cm³/mol. The van der Waals surface area contributed by atoms with Gasteiger partial charge in [-0.15, -0.1) is 0 Å². The van der Waals surface area contributed by atoms with Crippen LogP contribution in [0.25, 0.3) is 0 Å². The van der Waals surface area contributed by atoms with E-state index in [1.54, 1.807) is 12.1 Å². The number of sulfone groups is 1. The van der Waals surface area contributed by atoms with E-state index in [0.717, 1.165) is 31.9 Å². The lowest BCUT2D eigenvalue weighted by Crippen LogP contribution is -2.46. The van der Waals surface area contributed by atoms with Gasteiger partial charge < -0.3 is 9.80 Å². The minimum Gasteiger partial charge on any atom is -0.368 e. The van der Waals surface area contributed by atoms with Crippen LogP contribution < -0.4 is 9.80 Å². The summed E-state index contributed by atoms with van der Waals surface area (Å²) in [5.74, 6) is 0. The third-order valence-corrected chi connectivity index (χ3v) is 5.89. The molecule has 1 heterocycles. The summed E-state index contributed by atoms with van der Waals surface area (Å²) in [6, 6.07) is 13.8. The molecule has 2 aromatic rings. The molecular formula is C19H24N2O2S. The normalized spacial score (nSPS) is 15.6. The molecule has 0 N–H and O–H groups in total. The van der Waals surface area contributed by atoms with Crippen LogP contribution >= 0.6 is 0 Å². The van der Waals surface area contributed by atoms with Crippen molar-refractivity contribution in [3.63, 3.8) is 0 Å². The maximum absolute atomic E-state index is 11.6. The SMILES string of the molecule is Cc1ccc(N2CCN(c3ccc(S(C)(=O)=O)cc3)CC2)cc1C. The Morgan fingerprint density at radius 3 is 1.75 bits per heavy atom. The molecule has 0 unspecified atom stereocenters. The van der Waals surface area contributed by atoms with Crippen LogP contribution in [-0.2, 0) is 9.84 Å². The van der Waals surface area contributed by atoms with E-state index in [1.165, 1.54) is 23.1 Å². The molecule has 4 nitrogen and oxygen atoms in total. The van der Waals surface area contributed by atoms with Crippen molar-refractivity contribution in [2.24, 2.45) is 0 Å². The molecule has 24 heavy (non-hydrogen) atoms. The van der Waals surface area contributed by atoms with Crippen molar-refractivity contribution in [2.75, 3.05) is 42.2 Å². The molecule has 0 aliphatic carbocycles. The van der Waals surface area contributed by atoms with E-state index in [9.17, 15) is 8.42 Å². The smallest absolute Gasteiger partial charge is 0.175 e. The van der Waals surface area contributed by atoms with Crippen LogP contribution in [0.5, 0.6) is 0 Å². The summed E-state index contributed by atoms with van der Waals surface area (Å²) in [7, 11) is -3.13. The van der Waals surface area contributed by atoms with E-state index in [2.05, 4.69) is 41.8 Å². The molecule has 0 saturated carbocycles. The standard InChI is InChI=1S/C19H24N2O2S/c1-15-4-5-18(14-16(15)2)21-12-10-20(11-13-21)17-6-8-19(9-7-17)24(3,22)23/h4-9,14H,10-13H2,1-3H3. The molecule has 128 valence electrons. The van der Waals surface area contributed by atoms with E-state index in [0.29, 0.717) is 4.90 Å². The van der Waals surface area contributed by atoms with Gasteiger partial charge in [0, 0.05) is 43.8 Å². The van der Waals surface area contributed by atoms with Crippen molar-refractivity contribution in [1.29, 1.82) is 0 Å². The zero-order valence-corrected chi connectivity index (χ0v) is 15.3. The van der Waals surface area contributed by atoms with Gasteiger partial charge >= 0.3 is 0 Å². The largest absolute Gasteiger partial charge is 0.368 e. The van der Waals surface area contributed by atoms with Crippen molar-refractivity contribution in [2.45, 2.75) is 18.7 Å². The third-order valence-electron chi connectivity index (χ3n) is 4.77. The van der Waals surface area contributed by atoms with Gasteiger partial charge in [0.2, 0.25) is 0 Å². The maximum Gasteiger partial charge on any atom is 0.175 e. The number of hydrogen-bond acceptors (Lipinski definition) is 4. The summed E-state index contributed by atoms with van der Waals surface area (Å²) in [4.78, 5) is 5.09. The summed E-state index contributed by atoms with van der Waals surface area (Å²) in [6.45, 7) is 8.10. The van der Waals surface area contributed by atoms with E-state index < -0.39 is 9.84 Å². The average molecular weight is 344 g/mol. The Labute approximate surface area is 144 Å². The maximum atomic E-state index is 11.6. The first kappa shape index (κ1) is 16.8. The molecule has 0 bridgehead atoms. The third kappa shape index (κ3) is 3.56. The molecule has 1 aliphatic rings. The van der Waals surface area contributed by atoms with Gasteiger partial charge in [-0.3, -0.25) is 0 Å². The van der Waals surface area contributed by atoms with E-state index in [-0.39, 0.29) is 0 Å². The lowest BCUT2D eigenvalue weighted by molar-refractivity contribution is 0.602. The molecular weight excluding hydrogens is 320 g/mol. The number of piperazine rings is 1. The monoisotopic (exact) mass is 344 g/mol. The van der Waals surface area contributed by atoms with Gasteiger partial charge in [-0.1, -0.05) is 6.07 Å². The Hall–Kier alpha value is -2.01. The van der Waals surface area contributed by atoms with Gasteiger partial charge in [-0.25, -0.2) is 8.42 Å². The van der Waals surface area contributed by atoms with Crippen molar-refractivity contribution in [3.05, 3.63) is 53.6 Å². The molecule has 0 atom stereocenters. The van der Waals surface area contributed by atoms with Gasteiger partial charge in [0.1, 0.15) is 0 Å². The predicted octanol–water partition coefficient (Wildman–Crippen LogP) is 3.03. The second kappa shape index (κ2) is 6.48. The molecule has 0 spiro atoms. The van der Waals surface area contributed by atoms with Crippen LogP contribution in [0.2, 0.25) is 0 Å².